The zero-order valence-corrected chi connectivity index (χ0v) is 11.2. The Morgan fingerprint density at radius 3 is 2.67 bits per heavy atom. The van der Waals surface area contributed by atoms with Crippen LogP contribution >= 0.6 is 11.6 Å². The number of carbonyl (C=O) groups is 1. The number of esters is 1. The van der Waals surface area contributed by atoms with E-state index in [1.165, 1.54) is 0 Å². The minimum atomic E-state index is -0.427. The number of pyridine rings is 1. The van der Waals surface area contributed by atoms with Crippen molar-refractivity contribution in [2.75, 3.05) is 0 Å². The van der Waals surface area contributed by atoms with Gasteiger partial charge in [0.05, 0.1) is 12.2 Å². The first-order valence-corrected chi connectivity index (χ1v) is 6.41. The molecular formula is C13H16ClNO3. The van der Waals surface area contributed by atoms with Crippen molar-refractivity contribution in [3.8, 4) is 0 Å². The molecule has 0 spiro atoms. The van der Waals surface area contributed by atoms with E-state index in [9.17, 15) is 4.79 Å². The molecule has 98 valence electrons. The van der Waals surface area contributed by atoms with Gasteiger partial charge in [0.2, 0.25) is 0 Å². The van der Waals surface area contributed by atoms with Crippen LogP contribution in [0.15, 0.2) is 18.2 Å². The van der Waals surface area contributed by atoms with E-state index in [0.717, 1.165) is 12.8 Å². The van der Waals surface area contributed by atoms with Crippen molar-refractivity contribution in [1.29, 1.82) is 0 Å². The van der Waals surface area contributed by atoms with Crippen LogP contribution in [0.3, 0.4) is 0 Å². The fourth-order valence-corrected chi connectivity index (χ4v) is 2.34. The van der Waals surface area contributed by atoms with Crippen LogP contribution in [0.25, 0.3) is 0 Å². The first-order valence-electron chi connectivity index (χ1n) is 6.03. The van der Waals surface area contributed by atoms with E-state index < -0.39 is 5.97 Å². The number of halogens is 1. The van der Waals surface area contributed by atoms with Gasteiger partial charge >= 0.3 is 5.97 Å². The number of carbonyl (C=O) groups excluding carboxylic acids is 1. The maximum atomic E-state index is 11.9. The van der Waals surface area contributed by atoms with Gasteiger partial charge < -0.3 is 9.47 Å². The maximum Gasteiger partial charge on any atom is 0.357 e. The molecule has 1 fully saturated rings. The van der Waals surface area contributed by atoms with Crippen molar-refractivity contribution in [1.82, 2.24) is 4.98 Å². The summed E-state index contributed by atoms with van der Waals surface area (Å²) >= 11 is 5.74. The number of rotatable bonds is 2. The van der Waals surface area contributed by atoms with Gasteiger partial charge in [0.1, 0.15) is 17.0 Å². The molecule has 0 N–H and O–H groups in total. The van der Waals surface area contributed by atoms with Gasteiger partial charge in [0.25, 0.3) is 0 Å². The lowest BCUT2D eigenvalue weighted by Crippen LogP contribution is -2.35. The van der Waals surface area contributed by atoms with E-state index in [1.807, 2.05) is 13.8 Å². The van der Waals surface area contributed by atoms with Gasteiger partial charge in [0, 0.05) is 12.8 Å². The lowest BCUT2D eigenvalue weighted by Gasteiger charge is -2.31. The Balaban J connectivity index is 1.99. The van der Waals surface area contributed by atoms with Crippen molar-refractivity contribution in [3.05, 3.63) is 29.0 Å². The number of ether oxygens (including phenoxy) is 2. The molecule has 2 rings (SSSR count). The molecule has 0 amide bonds. The molecule has 0 aliphatic carbocycles. The molecule has 18 heavy (non-hydrogen) atoms. The lowest BCUT2D eigenvalue weighted by atomic mass is 10.0. The molecule has 1 saturated heterocycles. The Morgan fingerprint density at radius 2 is 2.06 bits per heavy atom. The third kappa shape index (κ3) is 3.43. The minimum Gasteiger partial charge on any atom is -0.457 e. The van der Waals surface area contributed by atoms with Crippen molar-refractivity contribution in [2.45, 2.75) is 45.0 Å². The molecule has 2 heterocycles. The highest BCUT2D eigenvalue weighted by Crippen LogP contribution is 2.22. The Labute approximate surface area is 111 Å². The monoisotopic (exact) mass is 269 g/mol. The van der Waals surface area contributed by atoms with E-state index in [0.29, 0.717) is 0 Å². The quantitative estimate of drug-likeness (QED) is 0.612. The summed E-state index contributed by atoms with van der Waals surface area (Å²) in [5.41, 5.74) is 0.245. The molecule has 2 unspecified atom stereocenters. The standard InChI is InChI=1S/C13H16ClNO3/c1-8-6-10(7-9(2)17-8)18-13(16)11-4-3-5-12(14)15-11/h3-5,8-10H,6-7H2,1-2H3. The molecule has 2 atom stereocenters. The van der Waals surface area contributed by atoms with Gasteiger partial charge in [-0.05, 0) is 26.0 Å². The van der Waals surface area contributed by atoms with Gasteiger partial charge in [-0.25, -0.2) is 9.78 Å². The summed E-state index contributed by atoms with van der Waals surface area (Å²) in [7, 11) is 0. The molecule has 1 aromatic heterocycles. The van der Waals surface area contributed by atoms with Gasteiger partial charge in [-0.3, -0.25) is 0 Å². The summed E-state index contributed by atoms with van der Waals surface area (Å²) in [6, 6.07) is 4.90. The van der Waals surface area contributed by atoms with Gasteiger partial charge in [-0.1, -0.05) is 17.7 Å². The van der Waals surface area contributed by atoms with Gasteiger partial charge in [-0.15, -0.1) is 0 Å². The SMILES string of the molecule is CC1CC(OC(=O)c2cccc(Cl)n2)CC(C)O1. The third-order valence-electron chi connectivity index (χ3n) is 2.85. The first-order chi connectivity index (χ1) is 8.54. The van der Waals surface area contributed by atoms with Crippen molar-refractivity contribution < 1.29 is 14.3 Å². The number of aromatic nitrogens is 1. The van der Waals surface area contributed by atoms with E-state index in [4.69, 9.17) is 21.1 Å². The summed E-state index contributed by atoms with van der Waals surface area (Å²) < 4.78 is 11.0. The predicted octanol–water partition coefficient (Wildman–Crippen LogP) is 2.85. The minimum absolute atomic E-state index is 0.110. The molecule has 1 aromatic rings. The van der Waals surface area contributed by atoms with Crippen molar-refractivity contribution >= 4 is 17.6 Å². The second kappa shape index (κ2) is 5.67. The molecule has 4 nitrogen and oxygen atoms in total. The number of nitrogens with zero attached hydrogens (tertiary/aromatic N) is 1. The second-order valence-electron chi connectivity index (χ2n) is 4.60. The van der Waals surface area contributed by atoms with Crippen LogP contribution in [-0.4, -0.2) is 29.3 Å². The van der Waals surface area contributed by atoms with Crippen molar-refractivity contribution in [2.24, 2.45) is 0 Å². The zero-order chi connectivity index (χ0) is 13.1. The molecule has 0 radical (unpaired) electrons. The molecule has 5 heteroatoms. The lowest BCUT2D eigenvalue weighted by molar-refractivity contribution is -0.0856. The molecular weight excluding hydrogens is 254 g/mol. The maximum absolute atomic E-state index is 11.9. The Bertz CT molecular complexity index is 428. The van der Waals surface area contributed by atoms with E-state index in [1.54, 1.807) is 18.2 Å². The van der Waals surface area contributed by atoms with Crippen LogP contribution in [0, 0.1) is 0 Å². The normalized spacial score (nSPS) is 27.8. The van der Waals surface area contributed by atoms with E-state index in [2.05, 4.69) is 4.98 Å². The highest BCUT2D eigenvalue weighted by molar-refractivity contribution is 6.29. The molecule has 0 aromatic carbocycles. The Hall–Kier alpha value is -1.13. The summed E-state index contributed by atoms with van der Waals surface area (Å²) in [6.45, 7) is 3.96. The van der Waals surface area contributed by atoms with Crippen LogP contribution in [0.4, 0.5) is 0 Å². The second-order valence-corrected chi connectivity index (χ2v) is 4.99. The summed E-state index contributed by atoms with van der Waals surface area (Å²) in [5, 5.41) is 0.290. The smallest absolute Gasteiger partial charge is 0.357 e. The van der Waals surface area contributed by atoms with E-state index in [-0.39, 0.29) is 29.2 Å². The molecule has 0 bridgehead atoms. The number of hydrogen-bond acceptors (Lipinski definition) is 4. The molecule has 1 aliphatic heterocycles. The average molecular weight is 270 g/mol. The average Bonchev–Trinajstić information content (AvgIpc) is 2.27. The van der Waals surface area contributed by atoms with Gasteiger partial charge in [0.15, 0.2) is 0 Å². The topological polar surface area (TPSA) is 48.4 Å². The highest BCUT2D eigenvalue weighted by Gasteiger charge is 2.27. The van der Waals surface area contributed by atoms with Crippen LogP contribution in [0.1, 0.15) is 37.2 Å². The Kier molecular flexibility index (Phi) is 4.19. The first kappa shape index (κ1) is 13.3. The van der Waals surface area contributed by atoms with Gasteiger partial charge in [-0.2, -0.15) is 0 Å². The molecule has 0 saturated carbocycles. The zero-order valence-electron chi connectivity index (χ0n) is 10.4. The largest absolute Gasteiger partial charge is 0.457 e. The summed E-state index contributed by atoms with van der Waals surface area (Å²) in [4.78, 5) is 15.8. The van der Waals surface area contributed by atoms with Crippen LogP contribution < -0.4 is 0 Å². The summed E-state index contributed by atoms with van der Waals surface area (Å²) in [5.74, 6) is -0.427. The fourth-order valence-electron chi connectivity index (χ4n) is 2.17. The Morgan fingerprint density at radius 1 is 1.39 bits per heavy atom. The highest BCUT2D eigenvalue weighted by atomic mass is 35.5. The molecule has 1 aliphatic rings. The third-order valence-corrected chi connectivity index (χ3v) is 3.06. The number of hydrogen-bond donors (Lipinski definition) is 0. The van der Waals surface area contributed by atoms with Crippen LogP contribution in [-0.2, 0) is 9.47 Å². The van der Waals surface area contributed by atoms with Crippen LogP contribution in [0.5, 0.6) is 0 Å². The predicted molar refractivity (Wildman–Crippen MR) is 67.7 cm³/mol. The van der Waals surface area contributed by atoms with Crippen molar-refractivity contribution in [3.63, 3.8) is 0 Å². The van der Waals surface area contributed by atoms with E-state index >= 15 is 0 Å². The summed E-state index contributed by atoms with van der Waals surface area (Å²) in [6.07, 6.45) is 1.54. The van der Waals surface area contributed by atoms with Crippen LogP contribution in [0.2, 0.25) is 5.15 Å². The fraction of sp³-hybridized carbons (Fsp3) is 0.538.